The summed E-state index contributed by atoms with van der Waals surface area (Å²) in [6.45, 7) is 0.370. The highest BCUT2D eigenvalue weighted by molar-refractivity contribution is 6.30. The molecule has 1 unspecified atom stereocenters. The highest BCUT2D eigenvalue weighted by Gasteiger charge is 2.20. The molecule has 3 rings (SSSR count). The Labute approximate surface area is 175 Å². The van der Waals surface area contributed by atoms with Crippen molar-refractivity contribution in [2.45, 2.75) is 25.6 Å². The highest BCUT2D eigenvalue weighted by atomic mass is 35.5. The van der Waals surface area contributed by atoms with E-state index in [1.807, 2.05) is 66.7 Å². The van der Waals surface area contributed by atoms with Gasteiger partial charge in [-0.05, 0) is 47.7 Å². The highest BCUT2D eigenvalue weighted by Crippen LogP contribution is 2.24. The number of halogens is 1. The van der Waals surface area contributed by atoms with Crippen molar-refractivity contribution < 1.29 is 19.4 Å². The lowest BCUT2D eigenvalue weighted by Crippen LogP contribution is -2.28. The summed E-state index contributed by atoms with van der Waals surface area (Å²) in [5.74, 6) is -0.435. The van der Waals surface area contributed by atoms with Gasteiger partial charge in [0.15, 0.2) is 6.10 Å². The minimum atomic E-state index is -0.977. The summed E-state index contributed by atoms with van der Waals surface area (Å²) in [7, 11) is 1.60. The Bertz CT molecular complexity index is 936. The Morgan fingerprint density at radius 1 is 0.966 bits per heavy atom. The topological polar surface area (TPSA) is 55.8 Å². The van der Waals surface area contributed by atoms with Gasteiger partial charge in [0.25, 0.3) is 0 Å². The number of methoxy groups -OCH3 is 1. The summed E-state index contributed by atoms with van der Waals surface area (Å²) < 4.78 is 11.0. The number of carboxylic acids is 1. The number of carbonyl (C=O) groups is 1. The predicted molar refractivity (Wildman–Crippen MR) is 114 cm³/mol. The first-order valence-corrected chi connectivity index (χ1v) is 9.76. The van der Waals surface area contributed by atoms with E-state index in [9.17, 15) is 9.90 Å². The maximum atomic E-state index is 11.7. The Morgan fingerprint density at radius 3 is 2.21 bits per heavy atom. The Hall–Kier alpha value is -2.82. The molecule has 4 nitrogen and oxygen atoms in total. The van der Waals surface area contributed by atoms with Gasteiger partial charge in [0.05, 0.1) is 6.61 Å². The van der Waals surface area contributed by atoms with E-state index < -0.39 is 12.1 Å². The summed E-state index contributed by atoms with van der Waals surface area (Å²) in [6, 6.07) is 23.1. The molecule has 0 amide bonds. The summed E-state index contributed by atoms with van der Waals surface area (Å²) in [5, 5.41) is 10.3. The van der Waals surface area contributed by atoms with Crippen molar-refractivity contribution in [2.24, 2.45) is 0 Å². The van der Waals surface area contributed by atoms with Gasteiger partial charge in [-0.25, -0.2) is 4.79 Å². The minimum Gasteiger partial charge on any atom is -0.479 e. The second-order valence-electron chi connectivity index (χ2n) is 6.73. The number of para-hydroxylation sites is 1. The van der Waals surface area contributed by atoms with Crippen LogP contribution in [-0.4, -0.2) is 24.3 Å². The molecule has 0 saturated carbocycles. The van der Waals surface area contributed by atoms with Crippen molar-refractivity contribution in [3.63, 3.8) is 0 Å². The van der Waals surface area contributed by atoms with E-state index in [0.29, 0.717) is 30.2 Å². The van der Waals surface area contributed by atoms with E-state index in [1.54, 1.807) is 13.2 Å². The van der Waals surface area contributed by atoms with E-state index >= 15 is 0 Å². The maximum absolute atomic E-state index is 11.7. The normalized spacial score (nSPS) is 11.8. The monoisotopic (exact) mass is 410 g/mol. The third-order valence-electron chi connectivity index (χ3n) is 4.64. The quantitative estimate of drug-likeness (QED) is 0.497. The van der Waals surface area contributed by atoms with Crippen molar-refractivity contribution >= 4 is 17.6 Å². The van der Waals surface area contributed by atoms with Gasteiger partial charge >= 0.3 is 5.97 Å². The van der Waals surface area contributed by atoms with Gasteiger partial charge in [-0.2, -0.15) is 0 Å². The Balaban J connectivity index is 1.65. The molecule has 0 heterocycles. The van der Waals surface area contributed by atoms with Crippen LogP contribution >= 0.6 is 11.6 Å². The summed E-state index contributed by atoms with van der Waals surface area (Å²) in [5.41, 5.74) is 4.06. The molecular weight excluding hydrogens is 388 g/mol. The molecule has 0 bridgehead atoms. The van der Waals surface area contributed by atoms with E-state index in [4.69, 9.17) is 21.1 Å². The average Bonchev–Trinajstić information content (AvgIpc) is 2.73. The van der Waals surface area contributed by atoms with E-state index in [-0.39, 0.29) is 0 Å². The largest absolute Gasteiger partial charge is 0.479 e. The molecule has 0 aliphatic rings. The summed E-state index contributed by atoms with van der Waals surface area (Å²) in [6.07, 6.45) is 0.0466. The molecule has 1 N–H and O–H groups in total. The van der Waals surface area contributed by atoms with E-state index in [1.165, 1.54) is 0 Å². The minimum absolute atomic E-state index is 0.370. The fourth-order valence-corrected chi connectivity index (χ4v) is 3.21. The third-order valence-corrected chi connectivity index (χ3v) is 4.90. The second kappa shape index (κ2) is 10.1. The zero-order chi connectivity index (χ0) is 20.6. The van der Waals surface area contributed by atoms with Crippen molar-refractivity contribution in [1.82, 2.24) is 0 Å². The number of hydrogen-bond donors (Lipinski definition) is 1. The van der Waals surface area contributed by atoms with E-state index in [2.05, 4.69) is 0 Å². The second-order valence-corrected chi connectivity index (χ2v) is 7.16. The molecule has 3 aromatic carbocycles. The van der Waals surface area contributed by atoms with Crippen LogP contribution in [-0.2, 0) is 22.6 Å². The number of hydrogen-bond acceptors (Lipinski definition) is 3. The van der Waals surface area contributed by atoms with Crippen LogP contribution in [0.5, 0.6) is 5.75 Å². The van der Waals surface area contributed by atoms with Crippen LogP contribution in [0.15, 0.2) is 72.8 Å². The molecule has 0 radical (unpaired) electrons. The lowest BCUT2D eigenvalue weighted by atomic mass is 10.0. The first-order valence-electron chi connectivity index (χ1n) is 9.38. The fraction of sp³-hybridized carbons (Fsp3) is 0.208. The molecule has 29 heavy (non-hydrogen) atoms. The SMILES string of the molecule is COCc1ccccc1OC(CCc1ccc(-c2ccc(Cl)cc2)cc1)C(=O)O. The standard InChI is InChI=1S/C24H23ClO4/c1-28-16-20-4-2-3-5-22(20)29-23(24(26)27)15-8-17-6-9-18(10-7-17)19-11-13-21(25)14-12-19/h2-7,9-14,23H,8,15-16H2,1H3,(H,26,27). The van der Waals surface area contributed by atoms with Gasteiger partial charge in [0.1, 0.15) is 5.75 Å². The van der Waals surface area contributed by atoms with Crippen molar-refractivity contribution in [3.05, 3.63) is 88.9 Å². The van der Waals surface area contributed by atoms with Crippen LogP contribution in [0, 0.1) is 0 Å². The van der Waals surface area contributed by atoms with Gasteiger partial charge in [-0.1, -0.05) is 66.2 Å². The van der Waals surface area contributed by atoms with Crippen LogP contribution in [0.1, 0.15) is 17.5 Å². The van der Waals surface area contributed by atoms with Gasteiger partial charge in [0, 0.05) is 17.7 Å². The molecule has 0 aliphatic heterocycles. The zero-order valence-corrected chi connectivity index (χ0v) is 16.9. The lowest BCUT2D eigenvalue weighted by Gasteiger charge is -2.17. The van der Waals surface area contributed by atoms with Crippen molar-refractivity contribution in [2.75, 3.05) is 7.11 Å². The van der Waals surface area contributed by atoms with E-state index in [0.717, 1.165) is 22.3 Å². The predicted octanol–water partition coefficient (Wildman–Crippen LogP) is 5.62. The molecule has 0 aliphatic carbocycles. The van der Waals surface area contributed by atoms with Crippen molar-refractivity contribution in [3.8, 4) is 16.9 Å². The van der Waals surface area contributed by atoms with Crippen LogP contribution in [0.3, 0.4) is 0 Å². The molecule has 0 fully saturated rings. The van der Waals surface area contributed by atoms with Crippen LogP contribution < -0.4 is 4.74 Å². The Morgan fingerprint density at radius 2 is 1.59 bits per heavy atom. The van der Waals surface area contributed by atoms with Gasteiger partial charge in [-0.3, -0.25) is 0 Å². The van der Waals surface area contributed by atoms with Gasteiger partial charge in [0.2, 0.25) is 0 Å². The molecule has 5 heteroatoms. The number of ether oxygens (including phenoxy) is 2. The zero-order valence-electron chi connectivity index (χ0n) is 16.2. The van der Waals surface area contributed by atoms with Crippen LogP contribution in [0.4, 0.5) is 0 Å². The van der Waals surface area contributed by atoms with Gasteiger partial charge in [-0.15, -0.1) is 0 Å². The fourth-order valence-electron chi connectivity index (χ4n) is 3.08. The average molecular weight is 411 g/mol. The molecule has 0 aromatic heterocycles. The summed E-state index contributed by atoms with van der Waals surface area (Å²) >= 11 is 5.94. The first-order chi connectivity index (χ1) is 14.1. The molecular formula is C24H23ClO4. The number of rotatable bonds is 9. The third kappa shape index (κ3) is 5.83. The smallest absolute Gasteiger partial charge is 0.344 e. The first kappa shape index (κ1) is 20.9. The lowest BCUT2D eigenvalue weighted by molar-refractivity contribution is -0.145. The van der Waals surface area contributed by atoms with Gasteiger partial charge < -0.3 is 14.6 Å². The number of benzene rings is 3. The summed E-state index contributed by atoms with van der Waals surface area (Å²) in [4.78, 5) is 11.7. The molecule has 0 saturated heterocycles. The maximum Gasteiger partial charge on any atom is 0.344 e. The van der Waals surface area contributed by atoms with Crippen molar-refractivity contribution in [1.29, 1.82) is 0 Å². The molecule has 1 atom stereocenters. The number of aryl methyl sites for hydroxylation is 1. The number of carboxylic acid groups (broad SMARTS) is 1. The molecule has 0 spiro atoms. The molecule has 3 aromatic rings. The van der Waals surface area contributed by atoms with Crippen LogP contribution in [0.25, 0.3) is 11.1 Å². The number of aliphatic carboxylic acids is 1. The molecule has 150 valence electrons. The van der Waals surface area contributed by atoms with Crippen LogP contribution in [0.2, 0.25) is 5.02 Å². The Kier molecular flexibility index (Phi) is 7.28.